The van der Waals surface area contributed by atoms with E-state index in [1.165, 1.54) is 11.5 Å². The van der Waals surface area contributed by atoms with E-state index in [-0.39, 0.29) is 11.8 Å². The number of halogens is 1. The van der Waals surface area contributed by atoms with Gasteiger partial charge < -0.3 is 19.3 Å². The molecule has 3 fully saturated rings. The maximum Gasteiger partial charge on any atom is 0.225 e. The molecule has 0 atom stereocenters. The second-order valence-electron chi connectivity index (χ2n) is 8.49. The Labute approximate surface area is 191 Å². The molecule has 1 amide bonds. The monoisotopic (exact) mass is 462 g/mol. The van der Waals surface area contributed by atoms with E-state index in [0.717, 1.165) is 73.4 Å². The van der Waals surface area contributed by atoms with Crippen molar-refractivity contribution < 1.29 is 14.3 Å². The van der Waals surface area contributed by atoms with Crippen LogP contribution in [0.15, 0.2) is 24.3 Å². The lowest BCUT2D eigenvalue weighted by atomic mass is 9.94. The summed E-state index contributed by atoms with van der Waals surface area (Å²) in [5, 5.41) is 1.68. The number of anilines is 1. The molecule has 0 aliphatic carbocycles. The SMILES string of the molecule is O=C(C1CCN(c2nc(Cc3ccc(Cl)cc3)ns2)CC1)N1CCC2(CC1)OCCO2. The predicted molar refractivity (Wildman–Crippen MR) is 120 cm³/mol. The zero-order chi connectivity index (χ0) is 21.3. The summed E-state index contributed by atoms with van der Waals surface area (Å²) in [6, 6.07) is 7.80. The Balaban J connectivity index is 1.12. The minimum atomic E-state index is -0.429. The molecule has 0 unspecified atom stereocenters. The van der Waals surface area contributed by atoms with Crippen molar-refractivity contribution in [1.82, 2.24) is 14.3 Å². The number of benzene rings is 1. The second-order valence-corrected chi connectivity index (χ2v) is 9.66. The molecular formula is C22H27ClN4O3S. The number of rotatable bonds is 4. The quantitative estimate of drug-likeness (QED) is 0.694. The third-order valence-corrected chi connectivity index (χ3v) is 7.56. The predicted octanol–water partition coefficient (Wildman–Crippen LogP) is 3.36. The van der Waals surface area contributed by atoms with Crippen LogP contribution in [0.2, 0.25) is 5.02 Å². The summed E-state index contributed by atoms with van der Waals surface area (Å²) in [5.74, 6) is 0.784. The fraction of sp³-hybridized carbons (Fsp3) is 0.591. The van der Waals surface area contributed by atoms with E-state index >= 15 is 0 Å². The summed E-state index contributed by atoms with van der Waals surface area (Å²) in [5.41, 5.74) is 1.15. The highest BCUT2D eigenvalue weighted by Gasteiger charge is 2.42. The highest BCUT2D eigenvalue weighted by atomic mass is 35.5. The third kappa shape index (κ3) is 4.72. The lowest BCUT2D eigenvalue weighted by Gasteiger charge is -2.40. The highest BCUT2D eigenvalue weighted by Crippen LogP contribution is 2.33. The number of hydrogen-bond donors (Lipinski definition) is 0. The van der Waals surface area contributed by atoms with E-state index in [2.05, 4.69) is 9.27 Å². The van der Waals surface area contributed by atoms with E-state index in [4.69, 9.17) is 26.1 Å². The number of piperidine rings is 2. The Morgan fingerprint density at radius 2 is 1.77 bits per heavy atom. The van der Waals surface area contributed by atoms with Gasteiger partial charge in [0.25, 0.3) is 0 Å². The molecule has 2 aromatic rings. The molecule has 4 heterocycles. The van der Waals surface area contributed by atoms with Crippen molar-refractivity contribution >= 4 is 34.2 Å². The summed E-state index contributed by atoms with van der Waals surface area (Å²) in [7, 11) is 0. The average Bonchev–Trinajstić information content (AvgIpc) is 3.46. The Hall–Kier alpha value is -1.74. The molecule has 0 N–H and O–H groups in total. The molecule has 1 aromatic heterocycles. The van der Waals surface area contributed by atoms with Gasteiger partial charge in [0.15, 0.2) is 5.79 Å². The van der Waals surface area contributed by atoms with Crippen LogP contribution in [0.1, 0.15) is 37.1 Å². The van der Waals surface area contributed by atoms with E-state index in [1.54, 1.807) is 0 Å². The Kier molecular flexibility index (Phi) is 6.14. The van der Waals surface area contributed by atoms with Gasteiger partial charge in [0.2, 0.25) is 11.0 Å². The molecule has 3 aliphatic rings. The Bertz CT molecular complexity index is 898. The number of carbonyl (C=O) groups is 1. The molecule has 31 heavy (non-hydrogen) atoms. The van der Waals surface area contributed by atoms with E-state index in [1.807, 2.05) is 29.2 Å². The lowest BCUT2D eigenvalue weighted by Crippen LogP contribution is -2.50. The van der Waals surface area contributed by atoms with Crippen molar-refractivity contribution in [3.63, 3.8) is 0 Å². The maximum absolute atomic E-state index is 13.0. The van der Waals surface area contributed by atoms with Gasteiger partial charge in [-0.15, -0.1) is 0 Å². The van der Waals surface area contributed by atoms with Crippen molar-refractivity contribution in [2.75, 3.05) is 44.3 Å². The first-order valence-corrected chi connectivity index (χ1v) is 12.1. The van der Waals surface area contributed by atoms with E-state index in [9.17, 15) is 4.79 Å². The molecule has 166 valence electrons. The van der Waals surface area contributed by atoms with E-state index < -0.39 is 5.79 Å². The van der Waals surface area contributed by atoms with Crippen LogP contribution < -0.4 is 4.90 Å². The molecule has 3 saturated heterocycles. The Morgan fingerprint density at radius 1 is 1.10 bits per heavy atom. The Morgan fingerprint density at radius 3 is 2.45 bits per heavy atom. The number of aromatic nitrogens is 2. The van der Waals surface area contributed by atoms with Gasteiger partial charge in [-0.05, 0) is 30.5 Å². The van der Waals surface area contributed by atoms with Crippen LogP contribution in [-0.4, -0.2) is 65.3 Å². The standard InChI is InChI=1S/C22H27ClN4O3S/c23-18-3-1-16(2-4-18)15-19-24-21(31-25-19)27-9-5-17(6-10-27)20(28)26-11-7-22(8-12-26)29-13-14-30-22/h1-4,17H,5-15H2. The van der Waals surface area contributed by atoms with Gasteiger partial charge in [0.1, 0.15) is 5.82 Å². The number of ether oxygens (including phenoxy) is 2. The molecule has 3 aliphatic heterocycles. The van der Waals surface area contributed by atoms with Crippen LogP contribution in [0.25, 0.3) is 0 Å². The van der Waals surface area contributed by atoms with Gasteiger partial charge in [-0.1, -0.05) is 23.7 Å². The zero-order valence-electron chi connectivity index (χ0n) is 17.5. The minimum Gasteiger partial charge on any atom is -0.347 e. The average molecular weight is 463 g/mol. The van der Waals surface area contributed by atoms with Gasteiger partial charge in [0.05, 0.1) is 13.2 Å². The van der Waals surface area contributed by atoms with Crippen LogP contribution in [0.3, 0.4) is 0 Å². The second kappa shape index (κ2) is 9.02. The van der Waals surface area contributed by atoms with Crippen LogP contribution in [0.4, 0.5) is 5.13 Å². The fourth-order valence-electron chi connectivity index (χ4n) is 4.66. The van der Waals surface area contributed by atoms with Gasteiger partial charge >= 0.3 is 0 Å². The van der Waals surface area contributed by atoms with Gasteiger partial charge in [-0.25, -0.2) is 4.98 Å². The number of amides is 1. The minimum absolute atomic E-state index is 0.0946. The third-order valence-electron chi connectivity index (χ3n) is 6.50. The zero-order valence-corrected chi connectivity index (χ0v) is 19.0. The largest absolute Gasteiger partial charge is 0.347 e. The molecule has 0 radical (unpaired) electrons. The molecule has 7 nitrogen and oxygen atoms in total. The number of likely N-dealkylation sites (tertiary alicyclic amines) is 1. The fourth-order valence-corrected chi connectivity index (χ4v) is 5.52. The highest BCUT2D eigenvalue weighted by molar-refractivity contribution is 7.09. The molecule has 5 rings (SSSR count). The number of carbonyl (C=O) groups excluding carboxylic acids is 1. The molecule has 9 heteroatoms. The summed E-state index contributed by atoms with van der Waals surface area (Å²) in [6.07, 6.45) is 3.98. The topological polar surface area (TPSA) is 67.8 Å². The van der Waals surface area contributed by atoms with Gasteiger partial charge in [-0.3, -0.25) is 4.79 Å². The van der Waals surface area contributed by atoms with Crippen molar-refractivity contribution in [2.24, 2.45) is 5.92 Å². The van der Waals surface area contributed by atoms with Gasteiger partial charge in [-0.2, -0.15) is 4.37 Å². The normalized spacial score (nSPS) is 21.7. The number of hydrogen-bond acceptors (Lipinski definition) is 7. The van der Waals surface area contributed by atoms with Gasteiger partial charge in [0, 0.05) is 67.9 Å². The maximum atomic E-state index is 13.0. The summed E-state index contributed by atoms with van der Waals surface area (Å²) in [4.78, 5) is 22.0. The lowest BCUT2D eigenvalue weighted by molar-refractivity contribution is -0.188. The molecule has 1 aromatic carbocycles. The van der Waals surface area contributed by atoms with Crippen molar-refractivity contribution in [2.45, 2.75) is 37.9 Å². The van der Waals surface area contributed by atoms with Crippen molar-refractivity contribution in [3.8, 4) is 0 Å². The van der Waals surface area contributed by atoms with Crippen LogP contribution in [-0.2, 0) is 20.7 Å². The first-order chi connectivity index (χ1) is 15.1. The molecular weight excluding hydrogens is 436 g/mol. The van der Waals surface area contributed by atoms with Crippen molar-refractivity contribution in [3.05, 3.63) is 40.7 Å². The smallest absolute Gasteiger partial charge is 0.225 e. The molecule has 0 bridgehead atoms. The van der Waals surface area contributed by atoms with Crippen LogP contribution >= 0.6 is 23.1 Å². The van der Waals surface area contributed by atoms with E-state index in [0.29, 0.717) is 19.6 Å². The van der Waals surface area contributed by atoms with Crippen LogP contribution in [0.5, 0.6) is 0 Å². The molecule has 0 saturated carbocycles. The first-order valence-electron chi connectivity index (χ1n) is 11.0. The first kappa shape index (κ1) is 21.1. The summed E-state index contributed by atoms with van der Waals surface area (Å²) < 4.78 is 16.1. The summed E-state index contributed by atoms with van der Waals surface area (Å²) >= 11 is 7.40. The summed E-state index contributed by atoms with van der Waals surface area (Å²) in [6.45, 7) is 4.47. The molecule has 1 spiro atoms. The van der Waals surface area contributed by atoms with Crippen LogP contribution in [0, 0.1) is 5.92 Å². The van der Waals surface area contributed by atoms with Crippen molar-refractivity contribution in [1.29, 1.82) is 0 Å². The number of nitrogens with zero attached hydrogens (tertiary/aromatic N) is 4.